The molecule has 0 aromatic heterocycles. The van der Waals surface area contributed by atoms with Gasteiger partial charge in [0.2, 0.25) is 0 Å². The van der Waals surface area contributed by atoms with Crippen molar-refractivity contribution < 1.29 is 4.79 Å². The molecule has 0 aliphatic rings. The van der Waals surface area contributed by atoms with E-state index in [0.29, 0.717) is 12.3 Å². The molecule has 1 rings (SSSR count). The molecule has 1 aromatic carbocycles. The van der Waals surface area contributed by atoms with E-state index in [1.165, 1.54) is 5.56 Å². The van der Waals surface area contributed by atoms with Gasteiger partial charge in [0.25, 0.3) is 0 Å². The molecule has 2 heteroatoms. The molecule has 1 nitrogen and oxygen atoms in total. The van der Waals surface area contributed by atoms with Gasteiger partial charge in [0.05, 0.1) is 0 Å². The fourth-order valence-corrected chi connectivity index (χ4v) is 1.70. The third-order valence-corrected chi connectivity index (χ3v) is 2.25. The van der Waals surface area contributed by atoms with Gasteiger partial charge in [0, 0.05) is 6.42 Å². The Morgan fingerprint density at radius 1 is 1.29 bits per heavy atom. The first-order chi connectivity index (χ1) is 6.59. The lowest BCUT2D eigenvalue weighted by Crippen LogP contribution is -2.02. The molecule has 0 amide bonds. The highest BCUT2D eigenvalue weighted by molar-refractivity contribution is 7.96. The molecule has 14 heavy (non-hydrogen) atoms. The summed E-state index contributed by atoms with van der Waals surface area (Å²) >= 11 is 3.81. The molecule has 0 saturated carbocycles. The fraction of sp³-hybridized carbons (Fsp3) is 0.417. The number of hydrogen-bond acceptors (Lipinski definition) is 1. The van der Waals surface area contributed by atoms with Gasteiger partial charge in [-0.25, -0.2) is 0 Å². The van der Waals surface area contributed by atoms with Gasteiger partial charge in [-0.15, -0.1) is 12.6 Å². The first-order valence-corrected chi connectivity index (χ1v) is 5.33. The van der Waals surface area contributed by atoms with Gasteiger partial charge in [0.15, 0.2) is 5.12 Å². The molecule has 0 bridgehead atoms. The summed E-state index contributed by atoms with van der Waals surface area (Å²) in [5, 5.41) is -0.0683. The quantitative estimate of drug-likeness (QED) is 0.753. The van der Waals surface area contributed by atoms with Crippen LogP contribution in [0.2, 0.25) is 0 Å². The smallest absolute Gasteiger partial charge is 0.190 e. The zero-order valence-electron chi connectivity index (χ0n) is 8.66. The van der Waals surface area contributed by atoms with E-state index in [-0.39, 0.29) is 5.12 Å². The summed E-state index contributed by atoms with van der Waals surface area (Å²) in [6.07, 6.45) is 1.46. The molecule has 0 radical (unpaired) electrons. The van der Waals surface area contributed by atoms with Crippen LogP contribution in [0.15, 0.2) is 24.3 Å². The zero-order chi connectivity index (χ0) is 10.6. The summed E-state index contributed by atoms with van der Waals surface area (Å²) in [4.78, 5) is 10.9. The Morgan fingerprint density at radius 3 is 2.36 bits per heavy atom. The number of carbonyl (C=O) groups is 1. The minimum atomic E-state index is -0.0683. The van der Waals surface area contributed by atoms with Gasteiger partial charge in [0.1, 0.15) is 0 Å². The van der Waals surface area contributed by atoms with Crippen LogP contribution in [0.4, 0.5) is 0 Å². The van der Waals surface area contributed by atoms with Gasteiger partial charge < -0.3 is 0 Å². The molecule has 0 atom stereocenters. The second-order valence-electron chi connectivity index (χ2n) is 3.94. The molecule has 0 spiro atoms. The maximum Gasteiger partial charge on any atom is 0.190 e. The minimum absolute atomic E-state index is 0.0683. The lowest BCUT2D eigenvalue weighted by molar-refractivity contribution is -0.110. The lowest BCUT2D eigenvalue weighted by Gasteiger charge is -2.09. The lowest BCUT2D eigenvalue weighted by atomic mass is 9.97. The maximum atomic E-state index is 10.9. The number of rotatable bonds is 4. The van der Waals surface area contributed by atoms with E-state index < -0.39 is 0 Å². The normalized spacial score (nSPS) is 10.6. The van der Waals surface area contributed by atoms with Crippen molar-refractivity contribution in [3.8, 4) is 0 Å². The Balaban J connectivity index is 2.85. The van der Waals surface area contributed by atoms with Crippen molar-refractivity contribution in [1.29, 1.82) is 0 Å². The topological polar surface area (TPSA) is 17.1 Å². The SMILES string of the molecule is CC(C)Cc1ccccc1CC(=O)S. The average molecular weight is 208 g/mol. The molecular weight excluding hydrogens is 192 g/mol. The number of carbonyl (C=O) groups excluding carboxylic acids is 1. The van der Waals surface area contributed by atoms with Crippen LogP contribution in [-0.4, -0.2) is 5.12 Å². The van der Waals surface area contributed by atoms with Crippen LogP contribution in [0.3, 0.4) is 0 Å². The van der Waals surface area contributed by atoms with Crippen LogP contribution in [0.25, 0.3) is 0 Å². The van der Waals surface area contributed by atoms with Crippen molar-refractivity contribution in [3.63, 3.8) is 0 Å². The van der Waals surface area contributed by atoms with Crippen LogP contribution >= 0.6 is 12.6 Å². The molecule has 0 aliphatic carbocycles. The number of benzene rings is 1. The van der Waals surface area contributed by atoms with Crippen molar-refractivity contribution in [2.75, 3.05) is 0 Å². The van der Waals surface area contributed by atoms with E-state index in [9.17, 15) is 4.79 Å². The van der Waals surface area contributed by atoms with Gasteiger partial charge in [-0.05, 0) is 23.5 Å². The second-order valence-corrected chi connectivity index (χ2v) is 4.44. The van der Waals surface area contributed by atoms with E-state index >= 15 is 0 Å². The van der Waals surface area contributed by atoms with Crippen LogP contribution in [-0.2, 0) is 17.6 Å². The summed E-state index contributed by atoms with van der Waals surface area (Å²) in [6, 6.07) is 8.08. The van der Waals surface area contributed by atoms with Crippen molar-refractivity contribution in [3.05, 3.63) is 35.4 Å². The van der Waals surface area contributed by atoms with Crippen LogP contribution in [0.1, 0.15) is 25.0 Å². The molecule has 0 N–H and O–H groups in total. The van der Waals surface area contributed by atoms with E-state index in [2.05, 4.69) is 32.5 Å². The molecule has 0 heterocycles. The number of thiol groups is 1. The van der Waals surface area contributed by atoms with Gasteiger partial charge in [-0.3, -0.25) is 4.79 Å². The average Bonchev–Trinajstić information content (AvgIpc) is 2.06. The van der Waals surface area contributed by atoms with Gasteiger partial charge in [-0.1, -0.05) is 38.1 Å². The second kappa shape index (κ2) is 5.20. The molecule has 1 aromatic rings. The highest BCUT2D eigenvalue weighted by atomic mass is 32.1. The highest BCUT2D eigenvalue weighted by Gasteiger charge is 2.05. The standard InChI is InChI=1S/C12H16OS/c1-9(2)7-10-5-3-4-6-11(10)8-12(13)14/h3-6,9H,7-8H2,1-2H3,(H,13,14). The predicted molar refractivity (Wildman–Crippen MR) is 62.7 cm³/mol. The molecule has 76 valence electrons. The van der Waals surface area contributed by atoms with Crippen LogP contribution in [0.5, 0.6) is 0 Å². The van der Waals surface area contributed by atoms with Crippen molar-refractivity contribution >= 4 is 17.7 Å². The Kier molecular flexibility index (Phi) is 4.21. The van der Waals surface area contributed by atoms with E-state index in [1.807, 2.05) is 18.2 Å². The third kappa shape index (κ3) is 3.54. The van der Waals surface area contributed by atoms with E-state index in [1.54, 1.807) is 0 Å². The first-order valence-electron chi connectivity index (χ1n) is 4.88. The summed E-state index contributed by atoms with van der Waals surface area (Å²) < 4.78 is 0. The Labute approximate surface area is 90.9 Å². The fourth-order valence-electron chi connectivity index (χ4n) is 1.53. The van der Waals surface area contributed by atoms with Crippen molar-refractivity contribution in [1.82, 2.24) is 0 Å². The highest BCUT2D eigenvalue weighted by Crippen LogP contribution is 2.15. The summed E-state index contributed by atoms with van der Waals surface area (Å²) in [5.74, 6) is 0.617. The molecule has 0 saturated heterocycles. The summed E-state index contributed by atoms with van der Waals surface area (Å²) in [5.41, 5.74) is 2.38. The van der Waals surface area contributed by atoms with Crippen molar-refractivity contribution in [2.45, 2.75) is 26.7 Å². The monoisotopic (exact) mass is 208 g/mol. The molecule has 0 unspecified atom stereocenters. The van der Waals surface area contributed by atoms with E-state index in [4.69, 9.17) is 0 Å². The Morgan fingerprint density at radius 2 is 1.86 bits per heavy atom. The van der Waals surface area contributed by atoms with Crippen molar-refractivity contribution in [2.24, 2.45) is 5.92 Å². The largest absolute Gasteiger partial charge is 0.287 e. The predicted octanol–water partition coefficient (Wildman–Crippen LogP) is 2.88. The van der Waals surface area contributed by atoms with Gasteiger partial charge in [-0.2, -0.15) is 0 Å². The third-order valence-electron chi connectivity index (χ3n) is 2.09. The maximum absolute atomic E-state index is 10.9. The Hall–Kier alpha value is -0.760. The van der Waals surface area contributed by atoms with Gasteiger partial charge >= 0.3 is 0 Å². The number of hydrogen-bond donors (Lipinski definition) is 1. The van der Waals surface area contributed by atoms with Crippen LogP contribution < -0.4 is 0 Å². The molecule has 0 fully saturated rings. The first kappa shape index (κ1) is 11.3. The van der Waals surface area contributed by atoms with Crippen LogP contribution in [0, 0.1) is 5.92 Å². The molecule has 0 aliphatic heterocycles. The minimum Gasteiger partial charge on any atom is -0.287 e. The molecular formula is C12H16OS. The summed E-state index contributed by atoms with van der Waals surface area (Å²) in [7, 11) is 0. The summed E-state index contributed by atoms with van der Waals surface area (Å²) in [6.45, 7) is 4.36. The van der Waals surface area contributed by atoms with E-state index in [0.717, 1.165) is 12.0 Å². The zero-order valence-corrected chi connectivity index (χ0v) is 9.55. The Bertz CT molecular complexity index is 318.